The molecule has 1 aliphatic rings. The first-order valence-corrected chi connectivity index (χ1v) is 7.01. The second-order valence-electron chi connectivity index (χ2n) is 5.23. The van der Waals surface area contributed by atoms with Crippen LogP contribution in [0.2, 0.25) is 0 Å². The molecule has 2 rings (SSSR count). The lowest BCUT2D eigenvalue weighted by Gasteiger charge is -2.29. The van der Waals surface area contributed by atoms with E-state index in [9.17, 15) is 4.39 Å². The van der Waals surface area contributed by atoms with Crippen LogP contribution in [0.5, 0.6) is 0 Å². The molecule has 0 saturated carbocycles. The topological polar surface area (TPSA) is 38.5 Å². The van der Waals surface area contributed by atoms with Gasteiger partial charge in [0.25, 0.3) is 0 Å². The minimum Gasteiger partial charge on any atom is -0.376 e. The van der Waals surface area contributed by atoms with E-state index in [0.717, 1.165) is 37.2 Å². The van der Waals surface area contributed by atoms with Crippen molar-refractivity contribution in [2.45, 2.75) is 31.8 Å². The van der Waals surface area contributed by atoms with Gasteiger partial charge in [0.1, 0.15) is 5.82 Å². The third-order valence-corrected chi connectivity index (χ3v) is 3.57. The first-order chi connectivity index (χ1) is 9.19. The Morgan fingerprint density at radius 1 is 1.37 bits per heavy atom. The third kappa shape index (κ3) is 4.18. The number of hydrogen-bond acceptors (Lipinski definition) is 3. The van der Waals surface area contributed by atoms with E-state index in [1.54, 1.807) is 12.1 Å². The lowest BCUT2D eigenvalue weighted by Crippen LogP contribution is -2.33. The van der Waals surface area contributed by atoms with Gasteiger partial charge in [-0.1, -0.05) is 0 Å². The zero-order valence-corrected chi connectivity index (χ0v) is 11.6. The Balaban J connectivity index is 2.02. The van der Waals surface area contributed by atoms with Gasteiger partial charge in [-0.25, -0.2) is 4.39 Å². The first kappa shape index (κ1) is 14.3. The molecule has 1 aromatic rings. The van der Waals surface area contributed by atoms with Gasteiger partial charge >= 0.3 is 0 Å². The summed E-state index contributed by atoms with van der Waals surface area (Å²) in [5.74, 6) is -0.197. The molecule has 0 aromatic heterocycles. The SMILES string of the molecule is CN(CC1CCCCO1)c1cc(F)cc(CCN)c1. The molecule has 1 aliphatic heterocycles. The van der Waals surface area contributed by atoms with Crippen molar-refractivity contribution >= 4 is 5.69 Å². The Kier molecular flexibility index (Phi) is 5.16. The van der Waals surface area contributed by atoms with Gasteiger partial charge in [-0.15, -0.1) is 0 Å². The lowest BCUT2D eigenvalue weighted by atomic mass is 10.1. The van der Waals surface area contributed by atoms with Crippen LogP contribution >= 0.6 is 0 Å². The number of anilines is 1. The van der Waals surface area contributed by atoms with Crippen molar-refractivity contribution in [3.8, 4) is 0 Å². The van der Waals surface area contributed by atoms with E-state index in [4.69, 9.17) is 10.5 Å². The molecule has 1 unspecified atom stereocenters. The maximum atomic E-state index is 13.6. The Bertz CT molecular complexity index is 405. The molecule has 4 heteroatoms. The highest BCUT2D eigenvalue weighted by atomic mass is 19.1. The Labute approximate surface area is 114 Å². The molecule has 0 amide bonds. The maximum Gasteiger partial charge on any atom is 0.125 e. The zero-order chi connectivity index (χ0) is 13.7. The number of ether oxygens (including phenoxy) is 1. The van der Waals surface area contributed by atoms with E-state index in [1.807, 2.05) is 13.1 Å². The van der Waals surface area contributed by atoms with Crippen LogP contribution in [-0.2, 0) is 11.2 Å². The van der Waals surface area contributed by atoms with Crippen molar-refractivity contribution in [3.63, 3.8) is 0 Å². The van der Waals surface area contributed by atoms with Crippen molar-refractivity contribution < 1.29 is 9.13 Å². The molecule has 1 fully saturated rings. The Hall–Kier alpha value is -1.13. The van der Waals surface area contributed by atoms with Crippen LogP contribution in [0.4, 0.5) is 10.1 Å². The number of hydrogen-bond donors (Lipinski definition) is 1. The minimum absolute atomic E-state index is 0.197. The second-order valence-corrected chi connectivity index (χ2v) is 5.23. The van der Waals surface area contributed by atoms with Crippen LogP contribution in [0.3, 0.4) is 0 Å². The fraction of sp³-hybridized carbons (Fsp3) is 0.600. The Morgan fingerprint density at radius 2 is 2.21 bits per heavy atom. The standard InChI is InChI=1S/C15H23FN2O/c1-18(11-15-4-2-3-7-19-15)14-9-12(5-6-17)8-13(16)10-14/h8-10,15H,2-7,11,17H2,1H3. The summed E-state index contributed by atoms with van der Waals surface area (Å²) < 4.78 is 19.3. The Morgan fingerprint density at radius 3 is 2.89 bits per heavy atom. The summed E-state index contributed by atoms with van der Waals surface area (Å²) in [5.41, 5.74) is 7.38. The first-order valence-electron chi connectivity index (χ1n) is 7.01. The van der Waals surface area contributed by atoms with Gasteiger partial charge < -0.3 is 15.4 Å². The predicted octanol–water partition coefficient (Wildman–Crippen LogP) is 2.33. The highest BCUT2D eigenvalue weighted by Gasteiger charge is 2.16. The van der Waals surface area contributed by atoms with Gasteiger partial charge in [0.05, 0.1) is 6.10 Å². The summed E-state index contributed by atoms with van der Waals surface area (Å²) in [6, 6.07) is 5.14. The summed E-state index contributed by atoms with van der Waals surface area (Å²) in [4.78, 5) is 2.07. The molecule has 1 atom stereocenters. The van der Waals surface area contributed by atoms with E-state index in [-0.39, 0.29) is 11.9 Å². The molecule has 0 spiro atoms. The van der Waals surface area contributed by atoms with Gasteiger partial charge in [-0.05, 0) is 56.0 Å². The largest absolute Gasteiger partial charge is 0.376 e. The van der Waals surface area contributed by atoms with E-state index in [2.05, 4.69) is 4.90 Å². The molecule has 1 saturated heterocycles. The lowest BCUT2D eigenvalue weighted by molar-refractivity contribution is 0.0216. The molecule has 106 valence electrons. The zero-order valence-electron chi connectivity index (χ0n) is 11.6. The normalized spacial score (nSPS) is 19.4. The predicted molar refractivity (Wildman–Crippen MR) is 76.0 cm³/mol. The number of halogens is 1. The van der Waals surface area contributed by atoms with E-state index >= 15 is 0 Å². The van der Waals surface area contributed by atoms with Crippen LogP contribution in [0.15, 0.2) is 18.2 Å². The highest BCUT2D eigenvalue weighted by molar-refractivity contribution is 5.48. The molecule has 19 heavy (non-hydrogen) atoms. The van der Waals surface area contributed by atoms with E-state index in [0.29, 0.717) is 13.0 Å². The number of rotatable bonds is 5. The summed E-state index contributed by atoms with van der Waals surface area (Å²) in [6.07, 6.45) is 4.44. The summed E-state index contributed by atoms with van der Waals surface area (Å²) in [6.45, 7) is 2.20. The molecule has 1 heterocycles. The highest BCUT2D eigenvalue weighted by Crippen LogP contribution is 2.20. The molecular formula is C15H23FN2O. The minimum atomic E-state index is -0.197. The average Bonchev–Trinajstić information content (AvgIpc) is 2.39. The van der Waals surface area contributed by atoms with Crippen LogP contribution in [-0.4, -0.2) is 32.8 Å². The summed E-state index contributed by atoms with van der Waals surface area (Å²) >= 11 is 0. The average molecular weight is 266 g/mol. The summed E-state index contributed by atoms with van der Waals surface area (Å²) in [7, 11) is 1.99. The fourth-order valence-electron chi connectivity index (χ4n) is 2.53. The third-order valence-electron chi connectivity index (χ3n) is 3.57. The van der Waals surface area contributed by atoms with Gasteiger partial charge in [0, 0.05) is 25.9 Å². The van der Waals surface area contributed by atoms with Gasteiger partial charge in [-0.2, -0.15) is 0 Å². The molecule has 1 aromatic carbocycles. The number of nitrogens with zero attached hydrogens (tertiary/aromatic N) is 1. The smallest absolute Gasteiger partial charge is 0.125 e. The van der Waals surface area contributed by atoms with Gasteiger partial charge in [0.2, 0.25) is 0 Å². The van der Waals surface area contributed by atoms with Gasteiger partial charge in [0.15, 0.2) is 0 Å². The second kappa shape index (κ2) is 6.87. The number of nitrogens with two attached hydrogens (primary N) is 1. The van der Waals surface area contributed by atoms with Crippen LogP contribution in [0.1, 0.15) is 24.8 Å². The van der Waals surface area contributed by atoms with Crippen molar-refractivity contribution in [3.05, 3.63) is 29.6 Å². The van der Waals surface area contributed by atoms with Gasteiger partial charge in [-0.3, -0.25) is 0 Å². The molecule has 2 N–H and O–H groups in total. The van der Waals surface area contributed by atoms with Crippen LogP contribution in [0.25, 0.3) is 0 Å². The van der Waals surface area contributed by atoms with Crippen molar-refractivity contribution in [1.29, 1.82) is 0 Å². The monoisotopic (exact) mass is 266 g/mol. The van der Waals surface area contributed by atoms with E-state index in [1.165, 1.54) is 6.42 Å². The van der Waals surface area contributed by atoms with Crippen LogP contribution in [0, 0.1) is 5.82 Å². The summed E-state index contributed by atoms with van der Waals surface area (Å²) in [5, 5.41) is 0. The molecule has 0 radical (unpaired) electrons. The fourth-order valence-corrected chi connectivity index (χ4v) is 2.53. The van der Waals surface area contributed by atoms with E-state index < -0.39 is 0 Å². The van der Waals surface area contributed by atoms with Crippen molar-refractivity contribution in [2.24, 2.45) is 5.73 Å². The number of likely N-dealkylation sites (N-methyl/N-ethyl adjacent to an activating group) is 1. The maximum absolute atomic E-state index is 13.6. The molecule has 0 aliphatic carbocycles. The van der Waals surface area contributed by atoms with Crippen molar-refractivity contribution in [2.75, 3.05) is 31.6 Å². The number of benzene rings is 1. The molecule has 3 nitrogen and oxygen atoms in total. The van der Waals surface area contributed by atoms with Crippen LogP contribution < -0.4 is 10.6 Å². The molecule has 0 bridgehead atoms. The quantitative estimate of drug-likeness (QED) is 0.889. The molecular weight excluding hydrogens is 243 g/mol. The van der Waals surface area contributed by atoms with Crippen molar-refractivity contribution in [1.82, 2.24) is 0 Å².